The predicted molar refractivity (Wildman–Crippen MR) is 94.0 cm³/mol. The maximum absolute atomic E-state index is 12.6. The Labute approximate surface area is 145 Å². The zero-order chi connectivity index (χ0) is 18.3. The number of hydrogen-bond donors (Lipinski definition) is 0. The van der Waals surface area contributed by atoms with Gasteiger partial charge in [-0.05, 0) is 42.3 Å². The van der Waals surface area contributed by atoms with Gasteiger partial charge in [0, 0.05) is 5.56 Å². The number of nitrogens with zero attached hydrogens (tertiary/aromatic N) is 1. The van der Waals surface area contributed by atoms with E-state index < -0.39 is 11.7 Å². The minimum absolute atomic E-state index is 0.340. The maximum atomic E-state index is 12.6. The molecule has 0 aromatic heterocycles. The summed E-state index contributed by atoms with van der Waals surface area (Å²) in [5.74, 6) is 0.782. The van der Waals surface area contributed by atoms with Crippen LogP contribution in [0.25, 0.3) is 0 Å². The first-order valence-corrected chi connectivity index (χ1v) is 7.97. The monoisotopic (exact) mass is 347 g/mol. The number of aliphatic imine (C=N–C) groups is 1. The molecule has 132 valence electrons. The summed E-state index contributed by atoms with van der Waals surface area (Å²) in [4.78, 5) is 4.36. The van der Waals surface area contributed by atoms with Gasteiger partial charge in [0.2, 0.25) is 5.90 Å². The normalized spacial score (nSPS) is 12.8. The Morgan fingerprint density at radius 1 is 1.04 bits per heavy atom. The summed E-state index contributed by atoms with van der Waals surface area (Å²) in [7, 11) is 0. The van der Waals surface area contributed by atoms with Crippen LogP contribution in [0.2, 0.25) is 0 Å². The largest absolute Gasteiger partial charge is 0.473 e. The van der Waals surface area contributed by atoms with E-state index in [-0.39, 0.29) is 0 Å². The van der Waals surface area contributed by atoms with Crippen molar-refractivity contribution >= 4 is 11.6 Å². The van der Waals surface area contributed by atoms with Gasteiger partial charge in [-0.3, -0.25) is 0 Å². The molecule has 2 nitrogen and oxygen atoms in total. The van der Waals surface area contributed by atoms with Crippen LogP contribution in [0.1, 0.15) is 25.0 Å². The zero-order valence-electron chi connectivity index (χ0n) is 14.1. The second-order valence-electron chi connectivity index (χ2n) is 5.81. The van der Waals surface area contributed by atoms with E-state index in [0.29, 0.717) is 24.1 Å². The molecule has 2 aromatic carbocycles. The maximum Gasteiger partial charge on any atom is 0.416 e. The highest BCUT2D eigenvalue weighted by Gasteiger charge is 2.29. The first-order valence-electron chi connectivity index (χ1n) is 7.97. The van der Waals surface area contributed by atoms with Gasteiger partial charge in [-0.15, -0.1) is 0 Å². The molecule has 0 saturated carbocycles. The number of rotatable bonds is 5. The molecule has 0 aliphatic carbocycles. The van der Waals surface area contributed by atoms with Crippen molar-refractivity contribution in [2.75, 3.05) is 6.61 Å². The van der Waals surface area contributed by atoms with Crippen LogP contribution in [0.3, 0.4) is 0 Å². The van der Waals surface area contributed by atoms with Crippen molar-refractivity contribution in [3.05, 3.63) is 77.9 Å². The van der Waals surface area contributed by atoms with Crippen LogP contribution in [-0.4, -0.2) is 12.5 Å². The second-order valence-corrected chi connectivity index (χ2v) is 5.81. The fourth-order valence-electron chi connectivity index (χ4n) is 2.06. The number of hydrogen-bond acceptors (Lipinski definition) is 2. The van der Waals surface area contributed by atoms with E-state index in [9.17, 15) is 13.2 Å². The molecular formula is C20H20F3NO. The van der Waals surface area contributed by atoms with Crippen LogP contribution >= 0.6 is 0 Å². The van der Waals surface area contributed by atoms with Crippen LogP contribution in [0.5, 0.6) is 0 Å². The van der Waals surface area contributed by atoms with Crippen LogP contribution in [0.15, 0.2) is 71.7 Å². The molecule has 0 fully saturated rings. The van der Waals surface area contributed by atoms with Gasteiger partial charge < -0.3 is 4.74 Å². The highest BCUT2D eigenvalue weighted by Crippen LogP contribution is 2.30. The Morgan fingerprint density at radius 2 is 1.68 bits per heavy atom. The molecule has 0 radical (unpaired) electrons. The van der Waals surface area contributed by atoms with Gasteiger partial charge >= 0.3 is 6.18 Å². The molecule has 25 heavy (non-hydrogen) atoms. The van der Waals surface area contributed by atoms with Crippen LogP contribution in [0.4, 0.5) is 18.9 Å². The molecule has 2 rings (SSSR count). The molecule has 0 unspecified atom stereocenters. The lowest BCUT2D eigenvalue weighted by Gasteiger charge is -2.09. The van der Waals surface area contributed by atoms with E-state index in [0.717, 1.165) is 17.7 Å². The molecule has 0 amide bonds. The smallest absolute Gasteiger partial charge is 0.416 e. The van der Waals surface area contributed by atoms with Crippen molar-refractivity contribution in [2.24, 2.45) is 10.9 Å². The predicted octanol–water partition coefficient (Wildman–Crippen LogP) is 6.01. The van der Waals surface area contributed by atoms with Crippen LogP contribution < -0.4 is 0 Å². The first kappa shape index (κ1) is 18.8. The van der Waals surface area contributed by atoms with E-state index in [1.807, 2.05) is 42.5 Å². The highest BCUT2D eigenvalue weighted by molar-refractivity contribution is 5.95. The molecule has 0 heterocycles. The van der Waals surface area contributed by atoms with Crippen LogP contribution in [-0.2, 0) is 10.9 Å². The number of allylic oxidation sites excluding steroid dienone is 1. The minimum Gasteiger partial charge on any atom is -0.473 e. The highest BCUT2D eigenvalue weighted by atomic mass is 19.4. The van der Waals surface area contributed by atoms with Gasteiger partial charge in [-0.25, -0.2) is 4.99 Å². The minimum atomic E-state index is -4.36. The van der Waals surface area contributed by atoms with E-state index in [4.69, 9.17) is 4.74 Å². The van der Waals surface area contributed by atoms with Crippen molar-refractivity contribution < 1.29 is 17.9 Å². The molecule has 0 aliphatic heterocycles. The lowest BCUT2D eigenvalue weighted by atomic mass is 10.2. The number of ether oxygens (including phenoxy) is 1. The number of halogens is 3. The Balaban J connectivity index is 2.23. The van der Waals surface area contributed by atoms with Crippen LogP contribution in [0, 0.1) is 5.92 Å². The summed E-state index contributed by atoms with van der Waals surface area (Å²) in [6, 6.07) is 14.0. The summed E-state index contributed by atoms with van der Waals surface area (Å²) in [5, 5.41) is 0. The van der Waals surface area contributed by atoms with E-state index in [2.05, 4.69) is 18.8 Å². The fraction of sp³-hybridized carbons (Fsp3) is 0.250. The molecule has 0 aliphatic rings. The first-order chi connectivity index (χ1) is 11.9. The molecular weight excluding hydrogens is 327 g/mol. The van der Waals surface area contributed by atoms with Crippen molar-refractivity contribution in [3.8, 4) is 0 Å². The summed E-state index contributed by atoms with van der Waals surface area (Å²) in [6.45, 7) is 4.46. The number of benzene rings is 2. The lowest BCUT2D eigenvalue weighted by molar-refractivity contribution is -0.137. The topological polar surface area (TPSA) is 21.6 Å². The zero-order valence-corrected chi connectivity index (χ0v) is 14.1. The lowest BCUT2D eigenvalue weighted by Crippen LogP contribution is -2.07. The molecule has 0 saturated heterocycles. The SMILES string of the molecule is CC(C)/C=C/COC(=Nc1ccc(C(F)(F)F)cc1)c1ccccc1. The van der Waals surface area contributed by atoms with Crippen molar-refractivity contribution in [2.45, 2.75) is 20.0 Å². The molecule has 0 spiro atoms. The van der Waals surface area contributed by atoms with Gasteiger partial charge in [0.25, 0.3) is 0 Å². The summed E-state index contributed by atoms with van der Waals surface area (Å²) in [5.41, 5.74) is 0.466. The standard InChI is InChI=1S/C20H20F3NO/c1-15(2)7-6-14-25-19(16-8-4-3-5-9-16)24-18-12-10-17(11-13-18)20(21,22)23/h3-13,15H,14H2,1-2H3/b7-6+,24-19?. The third-order valence-corrected chi connectivity index (χ3v) is 3.28. The summed E-state index contributed by atoms with van der Waals surface area (Å²) >= 11 is 0. The van der Waals surface area contributed by atoms with Gasteiger partial charge in [0.15, 0.2) is 0 Å². The van der Waals surface area contributed by atoms with Crippen molar-refractivity contribution in [1.29, 1.82) is 0 Å². The fourth-order valence-corrected chi connectivity index (χ4v) is 2.06. The van der Waals surface area contributed by atoms with E-state index >= 15 is 0 Å². The average Bonchev–Trinajstić information content (AvgIpc) is 2.58. The molecule has 0 N–H and O–H groups in total. The third-order valence-electron chi connectivity index (χ3n) is 3.28. The Bertz CT molecular complexity index is 717. The van der Waals surface area contributed by atoms with Gasteiger partial charge in [-0.1, -0.05) is 44.2 Å². The van der Waals surface area contributed by atoms with E-state index in [1.165, 1.54) is 12.1 Å². The Kier molecular flexibility index (Phi) is 6.39. The average molecular weight is 347 g/mol. The second kappa shape index (κ2) is 8.51. The van der Waals surface area contributed by atoms with Crippen molar-refractivity contribution in [1.82, 2.24) is 0 Å². The summed E-state index contributed by atoms with van der Waals surface area (Å²) < 4.78 is 43.7. The third kappa shape index (κ3) is 6.10. The van der Waals surface area contributed by atoms with Gasteiger partial charge in [0.05, 0.1) is 11.3 Å². The van der Waals surface area contributed by atoms with Crippen molar-refractivity contribution in [3.63, 3.8) is 0 Å². The van der Waals surface area contributed by atoms with Gasteiger partial charge in [0.1, 0.15) is 6.61 Å². The molecule has 2 aromatic rings. The van der Waals surface area contributed by atoms with Gasteiger partial charge in [-0.2, -0.15) is 13.2 Å². The summed E-state index contributed by atoms with van der Waals surface area (Å²) in [6.07, 6.45) is -0.445. The number of alkyl halides is 3. The molecule has 0 bridgehead atoms. The molecule has 0 atom stereocenters. The quantitative estimate of drug-likeness (QED) is 0.368. The van der Waals surface area contributed by atoms with E-state index in [1.54, 1.807) is 0 Å². The Hall–Kier alpha value is -2.56. The Morgan fingerprint density at radius 3 is 2.24 bits per heavy atom. The molecule has 5 heteroatoms.